The molecular formula is C63H120O6. The normalized spacial score (nSPS) is 12.0. The fourth-order valence-corrected chi connectivity index (χ4v) is 9.56. The summed E-state index contributed by atoms with van der Waals surface area (Å²) in [6, 6.07) is 0. The Morgan fingerprint density at radius 3 is 0.725 bits per heavy atom. The molecule has 0 rings (SSSR count). The lowest BCUT2D eigenvalue weighted by Crippen LogP contribution is -2.30. The summed E-state index contributed by atoms with van der Waals surface area (Å²) in [5, 5.41) is 0. The molecule has 0 saturated heterocycles. The van der Waals surface area contributed by atoms with Crippen LogP contribution >= 0.6 is 0 Å². The molecule has 0 fully saturated rings. The first-order chi connectivity index (χ1) is 34.0. The molecule has 69 heavy (non-hydrogen) atoms. The van der Waals surface area contributed by atoms with Crippen molar-refractivity contribution in [3.05, 3.63) is 12.2 Å². The van der Waals surface area contributed by atoms with Crippen molar-refractivity contribution in [2.45, 2.75) is 361 Å². The van der Waals surface area contributed by atoms with E-state index >= 15 is 0 Å². The smallest absolute Gasteiger partial charge is 0.306 e. The number of unbranched alkanes of at least 4 members (excludes halogenated alkanes) is 45. The average molecular weight is 974 g/mol. The van der Waals surface area contributed by atoms with Crippen LogP contribution in [0.3, 0.4) is 0 Å². The van der Waals surface area contributed by atoms with Crippen molar-refractivity contribution >= 4 is 17.9 Å². The van der Waals surface area contributed by atoms with Crippen LogP contribution in [-0.4, -0.2) is 37.2 Å². The maximum absolute atomic E-state index is 12.9. The molecule has 0 aromatic carbocycles. The highest BCUT2D eigenvalue weighted by atomic mass is 16.6. The molecule has 0 saturated carbocycles. The lowest BCUT2D eigenvalue weighted by Gasteiger charge is -2.18. The maximum atomic E-state index is 12.9. The number of hydrogen-bond acceptors (Lipinski definition) is 6. The average Bonchev–Trinajstić information content (AvgIpc) is 3.35. The molecule has 0 N–H and O–H groups in total. The highest BCUT2D eigenvalue weighted by Crippen LogP contribution is 2.18. The first-order valence-corrected chi connectivity index (χ1v) is 31.2. The summed E-state index contributed by atoms with van der Waals surface area (Å²) in [7, 11) is 0. The second-order valence-corrected chi connectivity index (χ2v) is 21.3. The number of rotatable bonds is 58. The van der Waals surface area contributed by atoms with E-state index < -0.39 is 6.10 Å². The van der Waals surface area contributed by atoms with E-state index in [1.54, 1.807) is 0 Å². The van der Waals surface area contributed by atoms with Crippen molar-refractivity contribution in [2.75, 3.05) is 13.2 Å². The first-order valence-electron chi connectivity index (χ1n) is 31.2. The Hall–Kier alpha value is -1.85. The van der Waals surface area contributed by atoms with E-state index in [0.717, 1.165) is 57.8 Å². The van der Waals surface area contributed by atoms with Crippen molar-refractivity contribution in [3.63, 3.8) is 0 Å². The Morgan fingerprint density at radius 2 is 0.478 bits per heavy atom. The van der Waals surface area contributed by atoms with Crippen molar-refractivity contribution < 1.29 is 28.6 Å². The van der Waals surface area contributed by atoms with Gasteiger partial charge in [0.25, 0.3) is 0 Å². The number of ether oxygens (including phenoxy) is 3. The quantitative estimate of drug-likeness (QED) is 0.0261. The molecule has 0 amide bonds. The topological polar surface area (TPSA) is 78.9 Å². The molecule has 0 radical (unpaired) electrons. The maximum Gasteiger partial charge on any atom is 0.306 e. The lowest BCUT2D eigenvalue weighted by atomic mass is 10.0. The molecule has 0 bridgehead atoms. The number of allylic oxidation sites excluding steroid dienone is 2. The van der Waals surface area contributed by atoms with Crippen molar-refractivity contribution in [3.8, 4) is 0 Å². The molecule has 0 aliphatic rings. The van der Waals surface area contributed by atoms with Gasteiger partial charge in [-0.05, 0) is 44.9 Å². The van der Waals surface area contributed by atoms with E-state index in [1.165, 1.54) is 257 Å². The van der Waals surface area contributed by atoms with Gasteiger partial charge in [0, 0.05) is 19.3 Å². The predicted octanol–water partition coefficient (Wildman–Crippen LogP) is 20.9. The lowest BCUT2D eigenvalue weighted by molar-refractivity contribution is -0.167. The number of esters is 3. The van der Waals surface area contributed by atoms with Crippen molar-refractivity contribution in [2.24, 2.45) is 0 Å². The van der Waals surface area contributed by atoms with Crippen LogP contribution in [0.4, 0.5) is 0 Å². The van der Waals surface area contributed by atoms with E-state index in [-0.39, 0.29) is 31.1 Å². The van der Waals surface area contributed by atoms with E-state index in [2.05, 4.69) is 32.9 Å². The molecule has 0 heterocycles. The highest BCUT2D eigenvalue weighted by Gasteiger charge is 2.19. The third-order valence-electron chi connectivity index (χ3n) is 14.3. The van der Waals surface area contributed by atoms with Gasteiger partial charge in [0.2, 0.25) is 0 Å². The van der Waals surface area contributed by atoms with Gasteiger partial charge >= 0.3 is 17.9 Å². The first kappa shape index (κ1) is 67.1. The summed E-state index contributed by atoms with van der Waals surface area (Å²) in [5.41, 5.74) is 0. The molecule has 6 nitrogen and oxygen atoms in total. The molecule has 0 aliphatic heterocycles. The van der Waals surface area contributed by atoms with Crippen LogP contribution in [0.2, 0.25) is 0 Å². The molecular weight excluding hydrogens is 853 g/mol. The van der Waals surface area contributed by atoms with Crippen LogP contribution in [-0.2, 0) is 28.6 Å². The molecule has 408 valence electrons. The Balaban J connectivity index is 4.16. The summed E-state index contributed by atoms with van der Waals surface area (Å²) in [6.45, 7) is 6.69. The molecule has 0 aromatic heterocycles. The van der Waals surface area contributed by atoms with Gasteiger partial charge in [-0.1, -0.05) is 303 Å². The fourth-order valence-electron chi connectivity index (χ4n) is 9.56. The summed E-state index contributed by atoms with van der Waals surface area (Å²) < 4.78 is 16.9. The van der Waals surface area contributed by atoms with E-state index in [1.807, 2.05) is 0 Å². The van der Waals surface area contributed by atoms with Gasteiger partial charge in [0.15, 0.2) is 6.10 Å². The molecule has 0 aromatic rings. The molecule has 1 unspecified atom stereocenters. The summed E-state index contributed by atoms with van der Waals surface area (Å²) in [5.74, 6) is -0.841. The minimum absolute atomic E-state index is 0.0642. The third-order valence-corrected chi connectivity index (χ3v) is 14.3. The van der Waals surface area contributed by atoms with Crippen molar-refractivity contribution in [1.29, 1.82) is 0 Å². The van der Waals surface area contributed by atoms with Crippen LogP contribution in [0.5, 0.6) is 0 Å². The van der Waals surface area contributed by atoms with Crippen LogP contribution in [0.1, 0.15) is 355 Å². The second kappa shape index (κ2) is 58.7. The predicted molar refractivity (Wildman–Crippen MR) is 298 cm³/mol. The number of carbonyl (C=O) groups is 3. The zero-order valence-corrected chi connectivity index (χ0v) is 46.9. The Morgan fingerprint density at radius 1 is 0.275 bits per heavy atom. The van der Waals surface area contributed by atoms with E-state index in [0.29, 0.717) is 19.3 Å². The molecule has 6 heteroatoms. The van der Waals surface area contributed by atoms with Gasteiger partial charge in [-0.15, -0.1) is 0 Å². The van der Waals surface area contributed by atoms with Crippen LogP contribution < -0.4 is 0 Å². The number of hydrogen-bond donors (Lipinski definition) is 0. The molecule has 0 aliphatic carbocycles. The Bertz CT molecular complexity index is 1070. The summed E-state index contributed by atoms with van der Waals surface area (Å²) >= 11 is 0. The second-order valence-electron chi connectivity index (χ2n) is 21.3. The highest BCUT2D eigenvalue weighted by molar-refractivity contribution is 5.71. The van der Waals surface area contributed by atoms with E-state index in [4.69, 9.17) is 14.2 Å². The van der Waals surface area contributed by atoms with Gasteiger partial charge in [0.05, 0.1) is 0 Å². The third kappa shape index (κ3) is 56.9. The standard InChI is InChI=1S/C63H120O6/c1-4-7-10-13-16-19-21-23-25-27-29-30-31-32-34-35-37-39-41-44-47-50-53-56-62(65)68-59-60(58-67-61(64)55-52-49-46-43-18-15-12-9-6-3)69-63(66)57-54-51-48-45-42-40-38-36-33-28-26-24-22-20-17-14-11-8-5-2/h27,29,60H,4-26,28,30-59H2,1-3H3/b29-27-. The zero-order chi connectivity index (χ0) is 50.0. The minimum atomic E-state index is -0.764. The minimum Gasteiger partial charge on any atom is -0.462 e. The summed E-state index contributed by atoms with van der Waals surface area (Å²) in [4.78, 5) is 38.1. The van der Waals surface area contributed by atoms with Crippen molar-refractivity contribution in [1.82, 2.24) is 0 Å². The van der Waals surface area contributed by atoms with Gasteiger partial charge in [-0.25, -0.2) is 0 Å². The van der Waals surface area contributed by atoms with Gasteiger partial charge in [-0.2, -0.15) is 0 Å². The van der Waals surface area contributed by atoms with Crippen LogP contribution in [0, 0.1) is 0 Å². The monoisotopic (exact) mass is 973 g/mol. The SMILES string of the molecule is CCCCCCCCCC/C=C\CCCCCCCCCCCCCC(=O)OCC(COC(=O)CCCCCCCCCCC)OC(=O)CCCCCCCCCCCCCCCCCCCCC. The van der Waals surface area contributed by atoms with Crippen LogP contribution in [0.25, 0.3) is 0 Å². The fraction of sp³-hybridized carbons (Fsp3) is 0.921. The Labute approximate surface area is 431 Å². The number of carbonyl (C=O) groups excluding carboxylic acids is 3. The van der Waals surface area contributed by atoms with E-state index in [9.17, 15) is 14.4 Å². The van der Waals surface area contributed by atoms with Gasteiger partial charge in [-0.3, -0.25) is 14.4 Å². The Kier molecular flexibility index (Phi) is 57.1. The van der Waals surface area contributed by atoms with Gasteiger partial charge < -0.3 is 14.2 Å². The van der Waals surface area contributed by atoms with Gasteiger partial charge in [0.1, 0.15) is 13.2 Å². The zero-order valence-electron chi connectivity index (χ0n) is 46.9. The largest absolute Gasteiger partial charge is 0.462 e. The molecule has 0 spiro atoms. The van der Waals surface area contributed by atoms with Crippen LogP contribution in [0.15, 0.2) is 12.2 Å². The summed E-state index contributed by atoms with van der Waals surface area (Å²) in [6.07, 6.45) is 68.0. The molecule has 1 atom stereocenters.